The molecule has 0 saturated carbocycles. The average Bonchev–Trinajstić information content (AvgIpc) is 3.12. The van der Waals surface area contributed by atoms with Gasteiger partial charge in [0.25, 0.3) is 0 Å². The van der Waals surface area contributed by atoms with E-state index >= 15 is 0 Å². The van der Waals surface area contributed by atoms with E-state index in [1.165, 1.54) is 16.9 Å². The van der Waals surface area contributed by atoms with E-state index in [-0.39, 0.29) is 18.4 Å². The Morgan fingerprint density at radius 2 is 1.86 bits per heavy atom. The van der Waals surface area contributed by atoms with Gasteiger partial charge in [0.05, 0.1) is 17.6 Å². The van der Waals surface area contributed by atoms with Crippen molar-refractivity contribution in [3.8, 4) is 5.75 Å². The zero-order valence-corrected chi connectivity index (χ0v) is 18.7. The average molecular weight is 440 g/mol. The first-order chi connectivity index (χ1) is 13.5. The van der Waals surface area contributed by atoms with Gasteiger partial charge < -0.3 is 20.3 Å². The molecule has 1 atom stereocenters. The van der Waals surface area contributed by atoms with Crippen molar-refractivity contribution in [3.05, 3.63) is 51.7 Å². The van der Waals surface area contributed by atoms with Crippen molar-refractivity contribution in [2.24, 2.45) is 5.73 Å². The lowest BCUT2D eigenvalue weighted by Gasteiger charge is -2.24. The number of thiophene rings is 1. The largest absolute Gasteiger partial charge is 0.494 e. The van der Waals surface area contributed by atoms with Crippen molar-refractivity contribution in [3.63, 3.8) is 0 Å². The molecule has 0 amide bonds. The fourth-order valence-corrected chi connectivity index (χ4v) is 4.55. The van der Waals surface area contributed by atoms with Crippen LogP contribution in [0.3, 0.4) is 0 Å². The molecule has 0 spiro atoms. The molecule has 0 bridgehead atoms. The van der Waals surface area contributed by atoms with Crippen LogP contribution in [0.2, 0.25) is 0 Å². The predicted molar refractivity (Wildman–Crippen MR) is 117 cm³/mol. The molecule has 1 heterocycles. The van der Waals surface area contributed by atoms with E-state index in [1.807, 2.05) is 43.3 Å². The summed E-state index contributed by atoms with van der Waals surface area (Å²) in [5.41, 5.74) is 6.68. The molecule has 0 aliphatic carbocycles. The minimum Gasteiger partial charge on any atom is -0.494 e. The summed E-state index contributed by atoms with van der Waals surface area (Å²) in [5, 5.41) is 0. The van der Waals surface area contributed by atoms with E-state index in [0.29, 0.717) is 32.3 Å². The number of aryl methyl sites for hydroxylation is 2. The third kappa shape index (κ3) is 9.24. The third-order valence-electron chi connectivity index (χ3n) is 4.69. The molecule has 0 aliphatic rings. The molecular weight excluding hydrogens is 409 g/mol. The Morgan fingerprint density at radius 3 is 2.52 bits per heavy atom. The first-order valence-electron chi connectivity index (χ1n) is 9.69. The van der Waals surface area contributed by atoms with Crippen LogP contribution in [-0.2, 0) is 11.0 Å². The molecule has 0 fully saturated rings. The van der Waals surface area contributed by atoms with Crippen molar-refractivity contribution < 1.29 is 23.9 Å². The SMILES string of the molecule is Cc1ccc(OCCCC(=O)c2ccc(CCC(C)(N)CCP(=O)(O)O)s2)cc1. The number of Topliss-reactive ketones (excluding diaryl/α,β-unsaturated/α-hetero) is 1. The number of rotatable bonds is 12. The second-order valence-corrected chi connectivity index (χ2v) is 10.7. The molecule has 29 heavy (non-hydrogen) atoms. The molecule has 2 aromatic rings. The van der Waals surface area contributed by atoms with Crippen LogP contribution in [0.25, 0.3) is 0 Å². The van der Waals surface area contributed by atoms with Gasteiger partial charge in [-0.2, -0.15) is 0 Å². The first-order valence-corrected chi connectivity index (χ1v) is 12.3. The molecule has 6 nitrogen and oxygen atoms in total. The molecule has 4 N–H and O–H groups in total. The molecule has 1 aromatic heterocycles. The van der Waals surface area contributed by atoms with Gasteiger partial charge in [0.15, 0.2) is 5.78 Å². The summed E-state index contributed by atoms with van der Waals surface area (Å²) in [5.74, 6) is 0.913. The number of carbonyl (C=O) groups is 1. The van der Waals surface area contributed by atoms with E-state index in [9.17, 15) is 9.36 Å². The highest BCUT2D eigenvalue weighted by atomic mass is 32.1. The quantitative estimate of drug-likeness (QED) is 0.258. The molecule has 0 radical (unpaired) electrons. The molecule has 160 valence electrons. The van der Waals surface area contributed by atoms with Crippen LogP contribution in [-0.4, -0.2) is 33.9 Å². The first kappa shape index (κ1) is 23.8. The summed E-state index contributed by atoms with van der Waals surface area (Å²) in [6.07, 6.45) is 2.42. The fourth-order valence-electron chi connectivity index (χ4n) is 2.78. The number of hydrogen-bond donors (Lipinski definition) is 3. The van der Waals surface area contributed by atoms with Crippen molar-refractivity contribution in [1.29, 1.82) is 0 Å². The maximum Gasteiger partial charge on any atom is 0.325 e. The van der Waals surface area contributed by atoms with Crippen LogP contribution in [0.15, 0.2) is 36.4 Å². The summed E-state index contributed by atoms with van der Waals surface area (Å²) < 4.78 is 16.7. The van der Waals surface area contributed by atoms with Gasteiger partial charge >= 0.3 is 7.60 Å². The van der Waals surface area contributed by atoms with Crippen molar-refractivity contribution in [2.45, 2.75) is 51.5 Å². The van der Waals surface area contributed by atoms with Crippen LogP contribution in [0.4, 0.5) is 0 Å². The molecule has 1 aromatic carbocycles. The van der Waals surface area contributed by atoms with E-state index in [4.69, 9.17) is 20.3 Å². The van der Waals surface area contributed by atoms with Crippen molar-refractivity contribution in [2.75, 3.05) is 12.8 Å². The lowest BCUT2D eigenvalue weighted by molar-refractivity contribution is 0.0977. The molecule has 0 saturated heterocycles. The maximum absolute atomic E-state index is 12.4. The summed E-state index contributed by atoms with van der Waals surface area (Å²) in [6, 6.07) is 11.6. The van der Waals surface area contributed by atoms with Crippen LogP contribution in [0, 0.1) is 6.92 Å². The number of nitrogens with two attached hydrogens (primary N) is 1. The van der Waals surface area contributed by atoms with Crippen LogP contribution in [0.5, 0.6) is 5.75 Å². The number of benzene rings is 1. The Hall–Kier alpha value is -1.50. The lowest BCUT2D eigenvalue weighted by atomic mass is 9.94. The van der Waals surface area contributed by atoms with Gasteiger partial charge in [0.2, 0.25) is 0 Å². The van der Waals surface area contributed by atoms with Crippen LogP contribution in [0.1, 0.15) is 52.7 Å². The fraction of sp³-hybridized carbons (Fsp3) is 0.476. The second kappa shape index (κ2) is 10.5. The number of hydrogen-bond acceptors (Lipinski definition) is 5. The van der Waals surface area contributed by atoms with E-state index in [0.717, 1.165) is 15.5 Å². The highest BCUT2D eigenvalue weighted by molar-refractivity contribution is 7.51. The highest BCUT2D eigenvalue weighted by Crippen LogP contribution is 2.37. The predicted octanol–water partition coefficient (Wildman–Crippen LogP) is 4.32. The lowest BCUT2D eigenvalue weighted by Crippen LogP contribution is -2.37. The van der Waals surface area contributed by atoms with E-state index in [1.54, 1.807) is 6.92 Å². The van der Waals surface area contributed by atoms with Gasteiger partial charge in [-0.15, -0.1) is 11.3 Å². The van der Waals surface area contributed by atoms with Crippen molar-refractivity contribution >= 4 is 24.7 Å². The Morgan fingerprint density at radius 1 is 1.17 bits per heavy atom. The Kier molecular flexibility index (Phi) is 8.61. The summed E-state index contributed by atoms with van der Waals surface area (Å²) >= 11 is 1.46. The van der Waals surface area contributed by atoms with Gasteiger partial charge in [-0.3, -0.25) is 9.36 Å². The standard InChI is InChI=1S/C21H30NO5PS/c1-16-5-7-17(8-6-16)27-14-3-4-19(23)20-10-9-18(29-20)11-12-21(2,22)13-15-28(24,25)26/h5-10H,3-4,11-15,22H2,1-2H3,(H2,24,25,26). The Balaban J connectivity index is 1.73. The van der Waals surface area contributed by atoms with Crippen LogP contribution >= 0.6 is 18.9 Å². The number of ketones is 1. The van der Waals surface area contributed by atoms with Gasteiger partial charge in [0, 0.05) is 16.8 Å². The van der Waals surface area contributed by atoms with Gasteiger partial charge in [-0.25, -0.2) is 0 Å². The normalized spacial score (nSPS) is 13.8. The molecule has 0 aliphatic heterocycles. The topological polar surface area (TPSA) is 110 Å². The maximum atomic E-state index is 12.4. The highest BCUT2D eigenvalue weighted by Gasteiger charge is 2.24. The number of carbonyl (C=O) groups excluding carboxylic acids is 1. The molecular formula is C21H30NO5PS. The molecule has 1 unspecified atom stereocenters. The molecule has 8 heteroatoms. The zero-order chi connectivity index (χ0) is 21.5. The summed E-state index contributed by atoms with van der Waals surface area (Å²) in [7, 11) is -4.03. The Bertz CT molecular complexity index is 841. The molecule has 2 rings (SSSR count). The summed E-state index contributed by atoms with van der Waals surface area (Å²) in [4.78, 5) is 32.2. The van der Waals surface area contributed by atoms with Gasteiger partial charge in [-0.1, -0.05) is 17.7 Å². The zero-order valence-electron chi connectivity index (χ0n) is 17.0. The third-order valence-corrected chi connectivity index (χ3v) is 6.68. The van der Waals surface area contributed by atoms with Crippen molar-refractivity contribution in [1.82, 2.24) is 0 Å². The summed E-state index contributed by atoms with van der Waals surface area (Å²) in [6.45, 7) is 4.32. The minimum atomic E-state index is -4.03. The van der Waals surface area contributed by atoms with Crippen LogP contribution < -0.4 is 10.5 Å². The van der Waals surface area contributed by atoms with Gasteiger partial charge in [-0.05, 0) is 63.8 Å². The van der Waals surface area contributed by atoms with E-state index < -0.39 is 13.1 Å². The second-order valence-electron chi connectivity index (χ2n) is 7.75. The monoisotopic (exact) mass is 439 g/mol. The van der Waals surface area contributed by atoms with E-state index in [2.05, 4.69) is 0 Å². The smallest absolute Gasteiger partial charge is 0.325 e. The van der Waals surface area contributed by atoms with Gasteiger partial charge in [0.1, 0.15) is 5.75 Å². The Labute approximate surface area is 176 Å². The number of ether oxygens (including phenoxy) is 1. The minimum absolute atomic E-state index is 0.103.